The van der Waals surface area contributed by atoms with E-state index in [2.05, 4.69) is 0 Å². The molecule has 1 fully saturated rings. The van der Waals surface area contributed by atoms with Crippen molar-refractivity contribution in [2.75, 3.05) is 0 Å². The van der Waals surface area contributed by atoms with Crippen LogP contribution in [0.2, 0.25) is 0 Å². The zero-order chi connectivity index (χ0) is 35.3. The monoisotopic (exact) mass is 681 g/mol. The lowest BCUT2D eigenvalue weighted by atomic mass is 9.92. The summed E-state index contributed by atoms with van der Waals surface area (Å²) in [6, 6.07) is 13.6. The molecule has 48 heavy (non-hydrogen) atoms. The van der Waals surface area contributed by atoms with Crippen molar-refractivity contribution < 1.29 is 58.9 Å². The molecule has 4 aromatic carbocycles. The Morgan fingerprint density at radius 2 is 1.31 bits per heavy atom. The van der Waals surface area contributed by atoms with Crippen molar-refractivity contribution in [1.82, 2.24) is 4.90 Å². The van der Waals surface area contributed by atoms with E-state index >= 15 is 0 Å². The number of aryl methyl sites for hydroxylation is 1. The summed E-state index contributed by atoms with van der Waals surface area (Å²) in [6.45, 7) is 2.47. The number of halogens is 9. The van der Waals surface area contributed by atoms with Crippen LogP contribution >= 0.6 is 0 Å². The van der Waals surface area contributed by atoms with Crippen LogP contribution in [0.1, 0.15) is 56.8 Å². The summed E-state index contributed by atoms with van der Waals surface area (Å²) in [4.78, 5) is 25.3. The third kappa shape index (κ3) is 6.97. The molecule has 0 saturated carbocycles. The van der Waals surface area contributed by atoms with E-state index in [0.29, 0.717) is 34.4 Å². The molecule has 0 bridgehead atoms. The SMILES string of the molecule is Cc1cc(C(=O)O)ccc1-c1cccc(-c2ccc(C(F)(F)F)cc2CN2C(=O)O[C@H](c3cc(C(F)(F)F)cc(C(F)(F)F)c3)[C@@H]2C)c1. The number of benzene rings is 4. The van der Waals surface area contributed by atoms with Crippen LogP contribution in [-0.4, -0.2) is 28.1 Å². The molecule has 252 valence electrons. The van der Waals surface area contributed by atoms with Gasteiger partial charge in [-0.25, -0.2) is 9.59 Å². The molecule has 5 nitrogen and oxygen atoms in total. The van der Waals surface area contributed by atoms with Crippen molar-refractivity contribution in [3.05, 3.63) is 118 Å². The Hall–Kier alpha value is -5.01. The predicted molar refractivity (Wildman–Crippen MR) is 155 cm³/mol. The Balaban J connectivity index is 1.54. The number of carbonyl (C=O) groups excluding carboxylic acids is 1. The lowest BCUT2D eigenvalue weighted by Gasteiger charge is -2.24. The Bertz CT molecular complexity index is 1860. The fourth-order valence-corrected chi connectivity index (χ4v) is 5.64. The number of hydrogen-bond donors (Lipinski definition) is 1. The van der Waals surface area contributed by atoms with Gasteiger partial charge >= 0.3 is 30.6 Å². The predicted octanol–water partition coefficient (Wildman–Crippen LogP) is 10.2. The summed E-state index contributed by atoms with van der Waals surface area (Å²) in [7, 11) is 0. The summed E-state index contributed by atoms with van der Waals surface area (Å²) in [5, 5.41) is 9.29. The first-order valence-electron chi connectivity index (χ1n) is 14.2. The maximum Gasteiger partial charge on any atom is 0.416 e. The van der Waals surface area contributed by atoms with Crippen molar-refractivity contribution >= 4 is 12.1 Å². The number of ether oxygens (including phenoxy) is 1. The highest BCUT2D eigenvalue weighted by Crippen LogP contribution is 2.42. The van der Waals surface area contributed by atoms with Crippen LogP contribution in [0.5, 0.6) is 0 Å². The first kappa shape index (κ1) is 34.3. The van der Waals surface area contributed by atoms with E-state index in [4.69, 9.17) is 4.74 Å². The normalized spacial score (nSPS) is 17.1. The molecule has 1 saturated heterocycles. The Kier molecular flexibility index (Phi) is 8.74. The third-order valence-electron chi connectivity index (χ3n) is 8.06. The van der Waals surface area contributed by atoms with Crippen molar-refractivity contribution in [3.63, 3.8) is 0 Å². The van der Waals surface area contributed by atoms with E-state index < -0.39 is 71.5 Å². The van der Waals surface area contributed by atoms with Gasteiger partial charge in [-0.05, 0) is 101 Å². The van der Waals surface area contributed by atoms with Gasteiger partial charge < -0.3 is 9.84 Å². The van der Waals surface area contributed by atoms with Gasteiger partial charge in [-0.3, -0.25) is 4.90 Å². The van der Waals surface area contributed by atoms with Crippen molar-refractivity contribution in [2.24, 2.45) is 0 Å². The molecular formula is C34H24F9NO4. The summed E-state index contributed by atoms with van der Waals surface area (Å²) in [5.74, 6) is -1.13. The highest BCUT2D eigenvalue weighted by atomic mass is 19.4. The summed E-state index contributed by atoms with van der Waals surface area (Å²) >= 11 is 0. The van der Waals surface area contributed by atoms with Gasteiger partial charge in [-0.15, -0.1) is 0 Å². The maximum atomic E-state index is 13.8. The molecule has 1 heterocycles. The minimum Gasteiger partial charge on any atom is -0.478 e. The molecule has 0 aliphatic carbocycles. The smallest absolute Gasteiger partial charge is 0.416 e. The average molecular weight is 682 g/mol. The van der Waals surface area contributed by atoms with Crippen LogP contribution in [0.4, 0.5) is 44.3 Å². The molecule has 14 heteroatoms. The van der Waals surface area contributed by atoms with Crippen molar-refractivity contribution in [2.45, 2.75) is 51.1 Å². The second-order valence-electron chi connectivity index (χ2n) is 11.3. The standard InChI is InChI=1S/C34H24F9NO4/c1-17-10-21(30(45)46)6-8-27(17)19-4-3-5-20(11-19)28-9-7-24(32(35,36)37)14-23(28)16-44-18(2)29(48-31(44)47)22-12-25(33(38,39)40)15-26(13-22)34(41,42)43/h3-15,18,29H,16H2,1-2H3,(H,45,46)/t18-,29-/m0/s1. The Morgan fingerprint density at radius 3 is 1.85 bits per heavy atom. The third-order valence-corrected chi connectivity index (χ3v) is 8.06. The maximum absolute atomic E-state index is 13.8. The van der Waals surface area contributed by atoms with Crippen LogP contribution in [-0.2, 0) is 29.8 Å². The van der Waals surface area contributed by atoms with E-state index in [1.807, 2.05) is 0 Å². The number of nitrogens with zero attached hydrogens (tertiary/aromatic N) is 1. The molecule has 0 unspecified atom stereocenters. The number of carbonyl (C=O) groups is 2. The second kappa shape index (κ2) is 12.2. The van der Waals surface area contributed by atoms with E-state index in [0.717, 1.165) is 17.0 Å². The van der Waals surface area contributed by atoms with Gasteiger partial charge in [-0.1, -0.05) is 30.3 Å². The molecule has 0 aromatic heterocycles. The van der Waals surface area contributed by atoms with Gasteiger partial charge in [0.1, 0.15) is 6.10 Å². The van der Waals surface area contributed by atoms with Crippen molar-refractivity contribution in [3.8, 4) is 22.3 Å². The molecule has 0 spiro atoms. The minimum absolute atomic E-state index is 0.0237. The number of rotatable bonds is 6. The number of alkyl halides is 9. The van der Waals surface area contributed by atoms with Crippen LogP contribution in [0.25, 0.3) is 22.3 Å². The zero-order valence-electron chi connectivity index (χ0n) is 24.9. The van der Waals surface area contributed by atoms with Gasteiger partial charge in [0, 0.05) is 0 Å². The van der Waals surface area contributed by atoms with Gasteiger partial charge in [-0.2, -0.15) is 39.5 Å². The first-order chi connectivity index (χ1) is 22.2. The van der Waals surface area contributed by atoms with E-state index in [1.54, 1.807) is 37.3 Å². The number of amides is 1. The zero-order valence-corrected chi connectivity index (χ0v) is 24.9. The van der Waals surface area contributed by atoms with Crippen LogP contribution in [0.15, 0.2) is 78.9 Å². The van der Waals surface area contributed by atoms with E-state index in [-0.39, 0.29) is 22.8 Å². The number of carboxylic acid groups (broad SMARTS) is 1. The molecule has 1 N–H and O–H groups in total. The molecule has 5 rings (SSSR count). The first-order valence-corrected chi connectivity index (χ1v) is 14.2. The highest BCUT2D eigenvalue weighted by molar-refractivity contribution is 5.89. The largest absolute Gasteiger partial charge is 0.478 e. The Morgan fingerprint density at radius 1 is 0.750 bits per heavy atom. The molecule has 1 aliphatic heterocycles. The van der Waals surface area contributed by atoms with Crippen molar-refractivity contribution in [1.29, 1.82) is 0 Å². The van der Waals surface area contributed by atoms with Gasteiger partial charge in [0.25, 0.3) is 0 Å². The molecule has 4 aromatic rings. The lowest BCUT2D eigenvalue weighted by Crippen LogP contribution is -2.32. The number of aromatic carboxylic acids is 1. The molecule has 0 radical (unpaired) electrons. The fourth-order valence-electron chi connectivity index (χ4n) is 5.64. The molecular weight excluding hydrogens is 657 g/mol. The molecule has 1 aliphatic rings. The molecule has 1 amide bonds. The second-order valence-corrected chi connectivity index (χ2v) is 11.3. The van der Waals surface area contributed by atoms with Crippen LogP contribution in [0, 0.1) is 6.92 Å². The number of cyclic esters (lactones) is 1. The fraction of sp³-hybridized carbons (Fsp3) is 0.235. The summed E-state index contributed by atoms with van der Waals surface area (Å²) < 4.78 is 128. The lowest BCUT2D eigenvalue weighted by molar-refractivity contribution is -0.143. The van der Waals surface area contributed by atoms with Crippen LogP contribution < -0.4 is 0 Å². The van der Waals surface area contributed by atoms with Gasteiger partial charge in [0.05, 0.1) is 34.8 Å². The summed E-state index contributed by atoms with van der Waals surface area (Å²) in [6.07, 6.45) is -17.8. The van der Waals surface area contributed by atoms with E-state index in [9.17, 15) is 54.2 Å². The Labute approximate surface area is 267 Å². The van der Waals surface area contributed by atoms with Crippen LogP contribution in [0.3, 0.4) is 0 Å². The minimum atomic E-state index is -5.15. The number of carboxylic acids is 1. The quantitative estimate of drug-likeness (QED) is 0.206. The highest BCUT2D eigenvalue weighted by Gasteiger charge is 2.43. The summed E-state index contributed by atoms with van der Waals surface area (Å²) in [5.41, 5.74) is -2.28. The average Bonchev–Trinajstić information content (AvgIpc) is 3.28. The molecule has 2 atom stereocenters. The topological polar surface area (TPSA) is 66.8 Å². The van der Waals surface area contributed by atoms with Gasteiger partial charge in [0.2, 0.25) is 0 Å². The van der Waals surface area contributed by atoms with Gasteiger partial charge in [0.15, 0.2) is 0 Å². The van der Waals surface area contributed by atoms with E-state index in [1.165, 1.54) is 25.1 Å². The number of hydrogen-bond acceptors (Lipinski definition) is 3.